The zero-order valence-electron chi connectivity index (χ0n) is 17.2. The molecule has 0 radical (unpaired) electrons. The molecule has 31 heavy (non-hydrogen) atoms. The number of anilines is 1. The van der Waals surface area contributed by atoms with Crippen LogP contribution in [-0.2, 0) is 5.54 Å². The number of ether oxygens (including phenoxy) is 2. The standard InChI is InChI=1S/C24H22N4O3/c1-30-20-12-8-18(9-13-20)24(17-6-4-3-5-7-17,19-10-14-21(31-2)15-11-19)28-22-25-16-26-23(29)27-22/h3-16H,1-2H3,(H2,25,26,27,28,29). The highest BCUT2D eigenvalue weighted by atomic mass is 16.5. The third kappa shape index (κ3) is 3.98. The van der Waals surface area contributed by atoms with Gasteiger partial charge in [0.2, 0.25) is 5.95 Å². The quantitative estimate of drug-likeness (QED) is 0.449. The van der Waals surface area contributed by atoms with Gasteiger partial charge in [-0.1, -0.05) is 54.6 Å². The van der Waals surface area contributed by atoms with Gasteiger partial charge in [-0.3, -0.25) is 4.98 Å². The fraction of sp³-hybridized carbons (Fsp3) is 0.125. The van der Waals surface area contributed by atoms with Crippen LogP contribution in [0.2, 0.25) is 0 Å². The predicted octanol–water partition coefficient (Wildman–Crippen LogP) is 3.59. The van der Waals surface area contributed by atoms with Gasteiger partial charge in [0.15, 0.2) is 0 Å². The molecule has 0 aliphatic rings. The van der Waals surface area contributed by atoms with E-state index in [1.807, 2.05) is 78.9 Å². The molecule has 0 bridgehead atoms. The van der Waals surface area contributed by atoms with Crippen LogP contribution in [0.4, 0.5) is 5.95 Å². The van der Waals surface area contributed by atoms with E-state index < -0.39 is 11.2 Å². The molecular weight excluding hydrogens is 392 g/mol. The molecule has 0 spiro atoms. The lowest BCUT2D eigenvalue weighted by Gasteiger charge is -2.37. The van der Waals surface area contributed by atoms with Crippen LogP contribution >= 0.6 is 0 Å². The van der Waals surface area contributed by atoms with Gasteiger partial charge >= 0.3 is 5.69 Å². The van der Waals surface area contributed by atoms with Gasteiger partial charge in [0.05, 0.1) is 14.2 Å². The smallest absolute Gasteiger partial charge is 0.349 e. The van der Waals surface area contributed by atoms with Gasteiger partial charge in [0.25, 0.3) is 0 Å². The molecule has 7 heteroatoms. The largest absolute Gasteiger partial charge is 0.497 e. The van der Waals surface area contributed by atoms with E-state index in [2.05, 4.69) is 20.3 Å². The Morgan fingerprint density at radius 2 is 1.29 bits per heavy atom. The molecule has 0 fully saturated rings. The Bertz CT molecular complexity index is 1140. The first-order valence-corrected chi connectivity index (χ1v) is 9.70. The number of rotatable bonds is 7. The summed E-state index contributed by atoms with van der Waals surface area (Å²) in [5, 5.41) is 3.43. The van der Waals surface area contributed by atoms with Crippen LogP contribution in [0.5, 0.6) is 11.5 Å². The van der Waals surface area contributed by atoms with E-state index in [0.29, 0.717) is 0 Å². The van der Waals surface area contributed by atoms with E-state index in [9.17, 15) is 4.79 Å². The lowest BCUT2D eigenvalue weighted by molar-refractivity contribution is 0.414. The third-order valence-electron chi connectivity index (χ3n) is 5.13. The van der Waals surface area contributed by atoms with Gasteiger partial charge in [0, 0.05) is 0 Å². The topological polar surface area (TPSA) is 89.1 Å². The molecule has 0 unspecified atom stereocenters. The van der Waals surface area contributed by atoms with Crippen LogP contribution in [0, 0.1) is 0 Å². The second kappa shape index (κ2) is 8.71. The van der Waals surface area contributed by atoms with Crippen molar-refractivity contribution in [2.45, 2.75) is 5.54 Å². The summed E-state index contributed by atoms with van der Waals surface area (Å²) >= 11 is 0. The van der Waals surface area contributed by atoms with Crippen molar-refractivity contribution in [1.82, 2.24) is 15.0 Å². The van der Waals surface area contributed by atoms with Crippen molar-refractivity contribution in [3.8, 4) is 11.5 Å². The fourth-order valence-corrected chi connectivity index (χ4v) is 3.62. The number of aromatic amines is 1. The summed E-state index contributed by atoms with van der Waals surface area (Å²) in [6, 6.07) is 25.5. The number of hydrogen-bond acceptors (Lipinski definition) is 6. The van der Waals surface area contributed by atoms with Crippen LogP contribution < -0.4 is 20.5 Å². The van der Waals surface area contributed by atoms with E-state index in [-0.39, 0.29) is 5.95 Å². The van der Waals surface area contributed by atoms with Crippen molar-refractivity contribution in [2.24, 2.45) is 0 Å². The number of aromatic nitrogens is 3. The van der Waals surface area contributed by atoms with E-state index in [0.717, 1.165) is 28.2 Å². The molecule has 0 atom stereocenters. The Labute approximate surface area is 179 Å². The number of benzene rings is 3. The van der Waals surface area contributed by atoms with Crippen LogP contribution in [0.25, 0.3) is 0 Å². The van der Waals surface area contributed by atoms with Crippen molar-refractivity contribution in [3.63, 3.8) is 0 Å². The zero-order valence-corrected chi connectivity index (χ0v) is 17.2. The fourth-order valence-electron chi connectivity index (χ4n) is 3.62. The minimum atomic E-state index is -0.881. The Balaban J connectivity index is 1.99. The van der Waals surface area contributed by atoms with Crippen LogP contribution in [0.3, 0.4) is 0 Å². The molecule has 1 aromatic heterocycles. The second-order valence-corrected chi connectivity index (χ2v) is 6.84. The van der Waals surface area contributed by atoms with E-state index in [4.69, 9.17) is 9.47 Å². The summed E-state index contributed by atoms with van der Waals surface area (Å²) in [6.07, 6.45) is 1.33. The monoisotopic (exact) mass is 414 g/mol. The Hall–Kier alpha value is -4.13. The first-order chi connectivity index (χ1) is 15.2. The highest BCUT2D eigenvalue weighted by molar-refractivity contribution is 5.57. The normalized spacial score (nSPS) is 11.0. The van der Waals surface area contributed by atoms with E-state index in [1.165, 1.54) is 6.33 Å². The first-order valence-electron chi connectivity index (χ1n) is 9.70. The maximum atomic E-state index is 11.9. The average molecular weight is 414 g/mol. The second-order valence-electron chi connectivity index (χ2n) is 6.84. The molecule has 0 saturated carbocycles. The van der Waals surface area contributed by atoms with E-state index >= 15 is 0 Å². The molecular formula is C24H22N4O3. The maximum absolute atomic E-state index is 11.9. The Morgan fingerprint density at radius 1 is 0.774 bits per heavy atom. The summed E-state index contributed by atoms with van der Waals surface area (Å²) in [6.45, 7) is 0. The van der Waals surface area contributed by atoms with Crippen molar-refractivity contribution >= 4 is 5.95 Å². The van der Waals surface area contributed by atoms with Gasteiger partial charge in [-0.05, 0) is 41.0 Å². The van der Waals surface area contributed by atoms with Crippen molar-refractivity contribution in [2.75, 3.05) is 19.5 Å². The van der Waals surface area contributed by atoms with Crippen LogP contribution in [0.15, 0.2) is 90.0 Å². The van der Waals surface area contributed by atoms with Crippen molar-refractivity contribution < 1.29 is 9.47 Å². The van der Waals surface area contributed by atoms with Crippen LogP contribution in [0.1, 0.15) is 16.7 Å². The summed E-state index contributed by atoms with van der Waals surface area (Å²) in [5.41, 5.74) is 1.44. The van der Waals surface area contributed by atoms with Crippen molar-refractivity contribution in [3.05, 3.63) is 112 Å². The SMILES string of the molecule is COc1ccc(C(Nc2nc[nH]c(=O)n2)(c2ccccc2)c2ccc(OC)cc2)cc1. The number of methoxy groups -OCH3 is 2. The molecule has 4 rings (SSSR count). The number of nitrogens with zero attached hydrogens (tertiary/aromatic N) is 2. The highest BCUT2D eigenvalue weighted by Gasteiger charge is 2.37. The molecule has 2 N–H and O–H groups in total. The van der Waals surface area contributed by atoms with Gasteiger partial charge in [-0.2, -0.15) is 4.98 Å². The van der Waals surface area contributed by atoms with Crippen LogP contribution in [-0.4, -0.2) is 29.2 Å². The summed E-state index contributed by atoms with van der Waals surface area (Å²) in [7, 11) is 3.26. The number of nitrogens with one attached hydrogen (secondary N) is 2. The first kappa shape index (κ1) is 20.2. The molecule has 3 aromatic carbocycles. The molecule has 0 aliphatic carbocycles. The minimum absolute atomic E-state index is 0.208. The molecule has 0 saturated heterocycles. The third-order valence-corrected chi connectivity index (χ3v) is 5.13. The highest BCUT2D eigenvalue weighted by Crippen LogP contribution is 2.40. The Kier molecular flexibility index (Phi) is 5.66. The molecule has 1 heterocycles. The van der Waals surface area contributed by atoms with E-state index in [1.54, 1.807) is 14.2 Å². The summed E-state index contributed by atoms with van der Waals surface area (Å²) in [4.78, 5) is 22.6. The molecule has 156 valence electrons. The number of H-pyrrole nitrogens is 1. The van der Waals surface area contributed by atoms with Gasteiger partial charge in [0.1, 0.15) is 23.4 Å². The van der Waals surface area contributed by atoms with Gasteiger partial charge < -0.3 is 14.8 Å². The van der Waals surface area contributed by atoms with Gasteiger partial charge in [-0.15, -0.1) is 0 Å². The Morgan fingerprint density at radius 3 is 1.77 bits per heavy atom. The molecule has 7 nitrogen and oxygen atoms in total. The zero-order chi connectivity index (χ0) is 21.7. The maximum Gasteiger partial charge on any atom is 0.349 e. The molecule has 0 aliphatic heterocycles. The average Bonchev–Trinajstić information content (AvgIpc) is 2.83. The van der Waals surface area contributed by atoms with Crippen molar-refractivity contribution in [1.29, 1.82) is 0 Å². The summed E-state index contributed by atoms with van der Waals surface area (Å²) < 4.78 is 10.7. The lowest BCUT2D eigenvalue weighted by Crippen LogP contribution is -2.39. The van der Waals surface area contributed by atoms with Gasteiger partial charge in [-0.25, -0.2) is 9.78 Å². The predicted molar refractivity (Wildman–Crippen MR) is 119 cm³/mol. The minimum Gasteiger partial charge on any atom is -0.497 e. The summed E-state index contributed by atoms with van der Waals surface area (Å²) in [5.74, 6) is 1.69. The number of hydrogen-bond donors (Lipinski definition) is 2. The molecule has 4 aromatic rings. The molecule has 0 amide bonds. The lowest BCUT2D eigenvalue weighted by atomic mass is 9.77.